The van der Waals surface area contributed by atoms with Gasteiger partial charge in [0.1, 0.15) is 12.3 Å². The average Bonchev–Trinajstić information content (AvgIpc) is 2.81. The fourth-order valence-electron chi connectivity index (χ4n) is 2.11. The summed E-state index contributed by atoms with van der Waals surface area (Å²) in [5, 5.41) is 2.54. The summed E-state index contributed by atoms with van der Waals surface area (Å²) in [7, 11) is 1.51. The van der Waals surface area contributed by atoms with Crippen LogP contribution in [-0.4, -0.2) is 37.1 Å². The third-order valence-electron chi connectivity index (χ3n) is 3.14. The first-order valence-electron chi connectivity index (χ1n) is 6.91. The van der Waals surface area contributed by atoms with Gasteiger partial charge >= 0.3 is 6.03 Å². The van der Waals surface area contributed by atoms with Gasteiger partial charge in [-0.3, -0.25) is 9.69 Å². The molecule has 1 N–H and O–H groups in total. The lowest BCUT2D eigenvalue weighted by Crippen LogP contribution is -2.30. The van der Waals surface area contributed by atoms with Crippen molar-refractivity contribution in [1.29, 1.82) is 0 Å². The molecular weight excluding hydrogens is 423 g/mol. The van der Waals surface area contributed by atoms with Crippen LogP contribution < -0.4 is 14.8 Å². The first-order chi connectivity index (χ1) is 11.5. The Balaban J connectivity index is 2.35. The van der Waals surface area contributed by atoms with E-state index >= 15 is 0 Å². The smallest absolute Gasteiger partial charge is 0.329 e. The molecule has 3 amide bonds. The second-order valence-corrected chi connectivity index (χ2v) is 5.88. The molecule has 1 heterocycles. The van der Waals surface area contributed by atoms with E-state index in [1.165, 1.54) is 13.2 Å². The van der Waals surface area contributed by atoms with Gasteiger partial charge in [-0.2, -0.15) is 0 Å². The SMILES string of the molecule is C#CCOc1c(I)cc(/C=C2/NC(=O)N(CC=C)C2=O)cc1OC. The van der Waals surface area contributed by atoms with Crippen LogP contribution in [0.15, 0.2) is 30.5 Å². The number of benzene rings is 1. The predicted molar refractivity (Wildman–Crippen MR) is 98.5 cm³/mol. The number of ether oxygens (including phenoxy) is 2. The molecule has 7 heteroatoms. The molecule has 0 saturated carbocycles. The molecule has 1 saturated heterocycles. The maximum atomic E-state index is 12.2. The van der Waals surface area contributed by atoms with Gasteiger partial charge in [0.15, 0.2) is 11.5 Å². The van der Waals surface area contributed by atoms with E-state index in [-0.39, 0.29) is 18.8 Å². The summed E-state index contributed by atoms with van der Waals surface area (Å²) in [6.45, 7) is 3.81. The standard InChI is InChI=1S/C17H15IN2O4/c1-4-6-20-16(21)13(19-17(20)22)9-11-8-12(18)15(24-7-5-2)14(10-11)23-3/h2,4,8-10H,1,6-7H2,3H3,(H,19,22)/b13-9+. The summed E-state index contributed by atoms with van der Waals surface area (Å²) in [6, 6.07) is 3.04. The van der Waals surface area contributed by atoms with Crippen molar-refractivity contribution in [3.8, 4) is 23.8 Å². The topological polar surface area (TPSA) is 67.9 Å². The number of amides is 3. The molecule has 0 radical (unpaired) electrons. The lowest BCUT2D eigenvalue weighted by molar-refractivity contribution is -0.122. The second kappa shape index (κ2) is 7.88. The zero-order chi connectivity index (χ0) is 17.7. The number of rotatable bonds is 6. The normalized spacial score (nSPS) is 15.2. The van der Waals surface area contributed by atoms with Crippen LogP contribution in [0, 0.1) is 15.9 Å². The van der Waals surface area contributed by atoms with Crippen LogP contribution in [-0.2, 0) is 4.79 Å². The van der Waals surface area contributed by atoms with Gasteiger partial charge in [0.05, 0.1) is 10.7 Å². The number of terminal acetylenes is 1. The summed E-state index contributed by atoms with van der Waals surface area (Å²) in [5.41, 5.74) is 0.880. The Hall–Kier alpha value is -2.47. The summed E-state index contributed by atoms with van der Waals surface area (Å²) in [5.74, 6) is 3.02. The van der Waals surface area contributed by atoms with Crippen molar-refractivity contribution in [3.63, 3.8) is 0 Å². The average molecular weight is 438 g/mol. The van der Waals surface area contributed by atoms with Crippen molar-refractivity contribution in [1.82, 2.24) is 10.2 Å². The summed E-state index contributed by atoms with van der Waals surface area (Å²) in [6.07, 6.45) is 8.28. The molecule has 1 fully saturated rings. The number of methoxy groups -OCH3 is 1. The molecule has 1 aromatic carbocycles. The quantitative estimate of drug-likeness (QED) is 0.244. The molecule has 0 unspecified atom stereocenters. The second-order valence-electron chi connectivity index (χ2n) is 4.72. The van der Waals surface area contributed by atoms with Crippen LogP contribution in [0.5, 0.6) is 11.5 Å². The van der Waals surface area contributed by atoms with Crippen LogP contribution in [0.2, 0.25) is 0 Å². The fourth-order valence-corrected chi connectivity index (χ4v) is 2.89. The third-order valence-corrected chi connectivity index (χ3v) is 3.94. The van der Waals surface area contributed by atoms with Crippen molar-refractivity contribution in [2.75, 3.05) is 20.3 Å². The lowest BCUT2D eigenvalue weighted by atomic mass is 10.1. The lowest BCUT2D eigenvalue weighted by Gasteiger charge is -2.12. The van der Waals surface area contributed by atoms with Crippen molar-refractivity contribution >= 4 is 40.6 Å². The number of carbonyl (C=O) groups excluding carboxylic acids is 2. The van der Waals surface area contributed by atoms with Gasteiger partial charge in [-0.05, 0) is 46.4 Å². The van der Waals surface area contributed by atoms with Gasteiger partial charge in [-0.25, -0.2) is 4.79 Å². The van der Waals surface area contributed by atoms with Gasteiger partial charge < -0.3 is 14.8 Å². The van der Waals surface area contributed by atoms with Crippen molar-refractivity contribution < 1.29 is 19.1 Å². The Morgan fingerprint density at radius 2 is 2.21 bits per heavy atom. The van der Waals surface area contributed by atoms with Crippen LogP contribution in [0.4, 0.5) is 4.79 Å². The number of nitrogens with one attached hydrogen (secondary N) is 1. The molecule has 124 valence electrons. The van der Waals surface area contributed by atoms with E-state index in [1.54, 1.807) is 18.2 Å². The Labute approximate surface area is 153 Å². The van der Waals surface area contributed by atoms with E-state index in [0.717, 1.165) is 8.47 Å². The van der Waals surface area contributed by atoms with Crippen LogP contribution in [0.25, 0.3) is 6.08 Å². The molecule has 2 rings (SSSR count). The molecule has 1 aromatic rings. The number of hydrogen-bond acceptors (Lipinski definition) is 4. The highest BCUT2D eigenvalue weighted by Gasteiger charge is 2.32. The Bertz CT molecular complexity index is 765. The van der Waals surface area contributed by atoms with E-state index < -0.39 is 11.9 Å². The molecule has 1 aliphatic heterocycles. The molecule has 1 aliphatic rings. The van der Waals surface area contributed by atoms with Gasteiger partial charge in [-0.15, -0.1) is 13.0 Å². The highest BCUT2D eigenvalue weighted by Crippen LogP contribution is 2.34. The number of hydrogen-bond donors (Lipinski definition) is 1. The highest BCUT2D eigenvalue weighted by molar-refractivity contribution is 14.1. The van der Waals surface area contributed by atoms with Crippen LogP contribution in [0.1, 0.15) is 5.56 Å². The summed E-state index contributed by atoms with van der Waals surface area (Å²) in [4.78, 5) is 25.1. The number of halogens is 1. The minimum Gasteiger partial charge on any atom is -0.493 e. The zero-order valence-electron chi connectivity index (χ0n) is 13.0. The van der Waals surface area contributed by atoms with Crippen molar-refractivity contribution in [2.45, 2.75) is 0 Å². The minimum absolute atomic E-state index is 0.123. The molecule has 0 aromatic heterocycles. The highest BCUT2D eigenvalue weighted by atomic mass is 127. The molecule has 0 aliphatic carbocycles. The first kappa shape index (κ1) is 17.9. The minimum atomic E-state index is -0.471. The molecule has 24 heavy (non-hydrogen) atoms. The Morgan fingerprint density at radius 3 is 2.83 bits per heavy atom. The maximum Gasteiger partial charge on any atom is 0.329 e. The number of nitrogens with zero attached hydrogens (tertiary/aromatic N) is 1. The van der Waals surface area contributed by atoms with Gasteiger partial charge in [0.25, 0.3) is 5.91 Å². The zero-order valence-corrected chi connectivity index (χ0v) is 15.1. The van der Waals surface area contributed by atoms with E-state index in [9.17, 15) is 9.59 Å². The largest absolute Gasteiger partial charge is 0.493 e. The number of urea groups is 1. The van der Waals surface area contributed by atoms with E-state index in [0.29, 0.717) is 17.1 Å². The van der Waals surface area contributed by atoms with Crippen molar-refractivity contribution in [2.24, 2.45) is 0 Å². The van der Waals surface area contributed by atoms with Crippen LogP contribution >= 0.6 is 22.6 Å². The van der Waals surface area contributed by atoms with Crippen molar-refractivity contribution in [3.05, 3.63) is 39.6 Å². The van der Waals surface area contributed by atoms with Gasteiger partial charge in [0.2, 0.25) is 0 Å². The Morgan fingerprint density at radius 1 is 1.46 bits per heavy atom. The number of carbonyl (C=O) groups is 2. The first-order valence-corrected chi connectivity index (χ1v) is 7.99. The molecule has 0 bridgehead atoms. The van der Waals surface area contributed by atoms with Gasteiger partial charge in [0, 0.05) is 6.54 Å². The fraction of sp³-hybridized carbons (Fsp3) is 0.176. The molecule has 0 atom stereocenters. The molecular formula is C17H15IN2O4. The third kappa shape index (κ3) is 3.71. The predicted octanol–water partition coefficient (Wildman–Crippen LogP) is 2.39. The molecule has 0 spiro atoms. The maximum absolute atomic E-state index is 12.2. The monoisotopic (exact) mass is 438 g/mol. The van der Waals surface area contributed by atoms with E-state index in [4.69, 9.17) is 15.9 Å². The summed E-state index contributed by atoms with van der Waals surface area (Å²) >= 11 is 2.09. The number of imide groups is 1. The van der Waals surface area contributed by atoms with E-state index in [2.05, 4.69) is 40.4 Å². The van der Waals surface area contributed by atoms with Gasteiger partial charge in [-0.1, -0.05) is 12.0 Å². The van der Waals surface area contributed by atoms with E-state index in [1.807, 2.05) is 0 Å². The Kier molecular flexibility index (Phi) is 5.87. The van der Waals surface area contributed by atoms with Crippen LogP contribution in [0.3, 0.4) is 0 Å². The molecule has 6 nitrogen and oxygen atoms in total. The summed E-state index contributed by atoms with van der Waals surface area (Å²) < 4.78 is 11.6.